The van der Waals surface area contributed by atoms with Crippen molar-refractivity contribution >= 4 is 19.9 Å². The van der Waals surface area contributed by atoms with Gasteiger partial charge in [-0.2, -0.15) is 0 Å². The third kappa shape index (κ3) is 3.49. The van der Waals surface area contributed by atoms with Gasteiger partial charge in [0.1, 0.15) is 10.6 Å². The number of benzene rings is 2. The number of sulfonamides is 1. The van der Waals surface area contributed by atoms with Gasteiger partial charge in [0.2, 0.25) is 19.9 Å². The smallest absolute Gasteiger partial charge is 0.211 e. The molecule has 0 radical (unpaired) electrons. The summed E-state index contributed by atoms with van der Waals surface area (Å²) in [4.78, 5) is 0.293. The van der Waals surface area contributed by atoms with E-state index in [1.807, 2.05) is 0 Å². The molecule has 1 saturated heterocycles. The number of para-hydroxylation sites is 1. The molecule has 0 N–H and O–H groups in total. The van der Waals surface area contributed by atoms with Crippen LogP contribution in [0.3, 0.4) is 0 Å². The lowest BCUT2D eigenvalue weighted by molar-refractivity contribution is 0.393. The Kier molecular flexibility index (Phi) is 5.09. The van der Waals surface area contributed by atoms with Crippen molar-refractivity contribution in [2.45, 2.75) is 22.1 Å². The number of rotatable bonds is 5. The fourth-order valence-corrected chi connectivity index (χ4v) is 5.65. The van der Waals surface area contributed by atoms with Crippen molar-refractivity contribution in [1.29, 1.82) is 0 Å². The van der Waals surface area contributed by atoms with Crippen LogP contribution in [0.25, 0.3) is 0 Å². The highest BCUT2D eigenvalue weighted by Crippen LogP contribution is 2.39. The minimum Gasteiger partial charge on any atom is -0.495 e. The van der Waals surface area contributed by atoms with Gasteiger partial charge >= 0.3 is 0 Å². The van der Waals surface area contributed by atoms with Gasteiger partial charge in [0.15, 0.2) is 0 Å². The van der Waals surface area contributed by atoms with Crippen molar-refractivity contribution in [3.8, 4) is 5.75 Å². The van der Waals surface area contributed by atoms with Crippen LogP contribution in [0, 0.1) is 0 Å². The molecule has 6 nitrogen and oxygen atoms in total. The monoisotopic (exact) mass is 395 g/mol. The van der Waals surface area contributed by atoms with Gasteiger partial charge in [-0.15, -0.1) is 0 Å². The van der Waals surface area contributed by atoms with Crippen LogP contribution < -0.4 is 4.74 Å². The zero-order valence-electron chi connectivity index (χ0n) is 14.6. The number of hydrogen-bond acceptors (Lipinski definition) is 5. The highest BCUT2D eigenvalue weighted by molar-refractivity contribution is 7.91. The van der Waals surface area contributed by atoms with E-state index in [0.29, 0.717) is 19.5 Å². The normalized spacial score (nSPS) is 18.8. The molecule has 8 heteroatoms. The van der Waals surface area contributed by atoms with Crippen LogP contribution in [-0.2, 0) is 19.9 Å². The van der Waals surface area contributed by atoms with E-state index in [4.69, 9.17) is 4.74 Å². The van der Waals surface area contributed by atoms with E-state index in [1.54, 1.807) is 42.5 Å². The number of hydrogen-bond donors (Lipinski definition) is 0. The summed E-state index contributed by atoms with van der Waals surface area (Å²) in [6.07, 6.45) is 1.81. The molecule has 1 aliphatic heterocycles. The lowest BCUT2D eigenvalue weighted by Gasteiger charge is -2.18. The minimum atomic E-state index is -3.73. The Morgan fingerprint density at radius 3 is 2.27 bits per heavy atom. The summed E-state index contributed by atoms with van der Waals surface area (Å²) in [6.45, 7) is 0.742. The van der Waals surface area contributed by atoms with Crippen LogP contribution in [0.1, 0.15) is 17.9 Å². The first kappa shape index (κ1) is 18.9. The number of sulfone groups is 1. The molecule has 3 rings (SSSR count). The van der Waals surface area contributed by atoms with Gasteiger partial charge in [-0.25, -0.2) is 21.1 Å². The van der Waals surface area contributed by atoms with Crippen LogP contribution in [0.15, 0.2) is 58.3 Å². The Labute approximate surface area is 154 Å². The molecule has 1 atom stereocenters. The maximum absolute atomic E-state index is 13.0. The standard InChI is InChI=1S/C18H21NO5S2/c1-24-18-16(14-11-12-19(13-14)25(2,20)21)9-6-10-17(18)26(22,23)15-7-4-3-5-8-15/h3-10,14H,11-13H2,1-2H3. The molecule has 0 saturated carbocycles. The molecule has 0 aromatic heterocycles. The lowest BCUT2D eigenvalue weighted by atomic mass is 9.97. The highest BCUT2D eigenvalue weighted by atomic mass is 32.2. The van der Waals surface area contributed by atoms with E-state index in [-0.39, 0.29) is 21.5 Å². The van der Waals surface area contributed by atoms with Gasteiger partial charge in [-0.1, -0.05) is 30.3 Å². The molecule has 2 aromatic rings. The molecule has 0 aliphatic carbocycles. The average Bonchev–Trinajstić information content (AvgIpc) is 3.12. The summed E-state index contributed by atoms with van der Waals surface area (Å²) in [5, 5.41) is 0. The molecule has 2 aromatic carbocycles. The van der Waals surface area contributed by atoms with Crippen LogP contribution in [0.5, 0.6) is 5.75 Å². The number of nitrogens with zero attached hydrogens (tertiary/aromatic N) is 1. The SMILES string of the molecule is COc1c(C2CCN(S(C)(=O)=O)C2)cccc1S(=O)(=O)c1ccccc1. The zero-order valence-corrected chi connectivity index (χ0v) is 16.3. The third-order valence-corrected chi connectivity index (χ3v) is 7.68. The second-order valence-corrected chi connectivity index (χ2v) is 10.2. The van der Waals surface area contributed by atoms with Crippen molar-refractivity contribution in [2.24, 2.45) is 0 Å². The summed E-state index contributed by atoms with van der Waals surface area (Å²) >= 11 is 0. The van der Waals surface area contributed by atoms with E-state index in [2.05, 4.69) is 0 Å². The topological polar surface area (TPSA) is 80.8 Å². The van der Waals surface area contributed by atoms with E-state index in [1.165, 1.54) is 23.7 Å². The van der Waals surface area contributed by atoms with Crippen molar-refractivity contribution in [1.82, 2.24) is 4.31 Å². The average molecular weight is 396 g/mol. The maximum Gasteiger partial charge on any atom is 0.211 e. The molecule has 1 unspecified atom stereocenters. The quantitative estimate of drug-likeness (QED) is 0.776. The second-order valence-electron chi connectivity index (χ2n) is 6.30. The number of methoxy groups -OCH3 is 1. The summed E-state index contributed by atoms with van der Waals surface area (Å²) in [5.41, 5.74) is 0.718. The van der Waals surface area contributed by atoms with Gasteiger partial charge < -0.3 is 4.74 Å². The summed E-state index contributed by atoms with van der Waals surface area (Å²) in [5.74, 6) is 0.183. The van der Waals surface area contributed by atoms with Crippen LogP contribution >= 0.6 is 0 Å². The molecule has 0 spiro atoms. The summed E-state index contributed by atoms with van der Waals surface area (Å²) in [6, 6.07) is 13.2. The first-order valence-electron chi connectivity index (χ1n) is 8.17. The molecule has 1 aliphatic rings. The Morgan fingerprint density at radius 2 is 1.69 bits per heavy atom. The van der Waals surface area contributed by atoms with Crippen molar-refractivity contribution in [2.75, 3.05) is 26.5 Å². The van der Waals surface area contributed by atoms with Gasteiger partial charge in [0.05, 0.1) is 18.3 Å². The molecule has 0 amide bonds. The Bertz CT molecular complexity index is 1000. The minimum absolute atomic E-state index is 0.0986. The molecular weight excluding hydrogens is 374 g/mol. The Morgan fingerprint density at radius 1 is 1.00 bits per heavy atom. The third-order valence-electron chi connectivity index (χ3n) is 4.62. The van der Waals surface area contributed by atoms with Crippen molar-refractivity contribution in [3.63, 3.8) is 0 Å². The molecule has 1 fully saturated rings. The molecular formula is C18H21NO5S2. The summed E-state index contributed by atoms with van der Waals surface area (Å²) < 4.78 is 56.5. The van der Waals surface area contributed by atoms with E-state index < -0.39 is 19.9 Å². The van der Waals surface area contributed by atoms with Crippen LogP contribution in [0.2, 0.25) is 0 Å². The fraction of sp³-hybridized carbons (Fsp3) is 0.333. The Balaban J connectivity index is 2.05. The van der Waals surface area contributed by atoms with Gasteiger partial charge in [-0.3, -0.25) is 0 Å². The van der Waals surface area contributed by atoms with E-state index in [0.717, 1.165) is 5.56 Å². The second kappa shape index (κ2) is 7.02. The van der Waals surface area contributed by atoms with Crippen LogP contribution in [0.4, 0.5) is 0 Å². The van der Waals surface area contributed by atoms with E-state index in [9.17, 15) is 16.8 Å². The summed E-state index contributed by atoms with van der Waals surface area (Å²) in [7, 11) is -5.57. The molecule has 26 heavy (non-hydrogen) atoms. The first-order chi connectivity index (χ1) is 12.2. The van der Waals surface area contributed by atoms with Crippen molar-refractivity contribution < 1.29 is 21.6 Å². The van der Waals surface area contributed by atoms with Gasteiger partial charge in [0.25, 0.3) is 0 Å². The maximum atomic E-state index is 13.0. The Hall–Kier alpha value is -1.90. The van der Waals surface area contributed by atoms with Crippen molar-refractivity contribution in [3.05, 3.63) is 54.1 Å². The largest absolute Gasteiger partial charge is 0.495 e. The lowest BCUT2D eigenvalue weighted by Crippen LogP contribution is -2.27. The van der Waals surface area contributed by atoms with Gasteiger partial charge in [0, 0.05) is 19.0 Å². The number of ether oxygens (including phenoxy) is 1. The van der Waals surface area contributed by atoms with Gasteiger partial charge in [-0.05, 0) is 30.2 Å². The molecule has 1 heterocycles. The molecule has 0 bridgehead atoms. The predicted octanol–water partition coefficient (Wildman–Crippen LogP) is 2.28. The van der Waals surface area contributed by atoms with E-state index >= 15 is 0 Å². The first-order valence-corrected chi connectivity index (χ1v) is 11.5. The van der Waals surface area contributed by atoms with Crippen LogP contribution in [-0.4, -0.2) is 47.6 Å². The fourth-order valence-electron chi connectivity index (χ4n) is 3.29. The zero-order chi connectivity index (χ0) is 18.9. The highest BCUT2D eigenvalue weighted by Gasteiger charge is 2.33. The molecule has 140 valence electrons. The predicted molar refractivity (Wildman–Crippen MR) is 98.7 cm³/mol.